The minimum atomic E-state index is -1.09. The summed E-state index contributed by atoms with van der Waals surface area (Å²) in [6.07, 6.45) is 5.36. The average Bonchev–Trinajstić information content (AvgIpc) is 0.925. The molecule has 1 aromatic heterocycles. The first-order chi connectivity index (χ1) is 70.1. The number of carbonyl (C=O) groups excluding carboxylic acids is 5. The van der Waals surface area contributed by atoms with E-state index < -0.39 is 46.8 Å². The smallest absolute Gasteiger partial charge is 1.00 e. The standard InChI is InChI=1S/C25H25FN6O2.C25H24FN3O2.C17H18N2O3.C15H17NO3.C13H16FNO2.C12H10N2O.C2H2BrN.CH2O3.2K.H/c1-16-8-10-32(11-9-16)19-13-17(12-18(26)14-19)25(33)27-22-6-7-23(21-5-3-2-4-20(21)22)34-15-24-28-30-31-29-24;1-17-8-11-29(12-9-17)20-15-18(14-19(26)16-20)25(30)28-23-6-7-24(31-13-10-27)22-5-3-2-4-21(22)23;1-17(2,3)22-16(20)19-14-8-9-15(21-11-10-18)13-7-5-4-6-12(13)14;1-15(2,3)19-14(18)16-12-8-9-13(17)11-7-5-4-6-10(11)12;1-9-2-4-15(5-3-9)12-7-10(13(16)17)6-11(14)8-12;13-7-8-15-12-6-5-11(14)9-3-1-2-4-10(9)12;1-4-2-3;2-1-4-3;;;/h2-7,12-14,16H,8-11,15H2,1H3,(H,27,33)(H,28,29,30,31);2-7,14-17H,8-9,11-13H2,1H3,(H,28,30);4-9H,11H2,1-3H3,(H,19,20);4-9,17H,1-3H3,(H,16,18);6-9H,2-5H2,1H3,(H,16,17);1-6H,8,14H2;2H2;1,3H;;;/q;;;;;;;;2*+1;-1/p-1. The third kappa shape index (κ3) is 37.0. The number of fused-ring (bicyclic) bond motifs is 5. The van der Waals surface area contributed by atoms with Crippen LogP contribution >= 0.6 is 15.9 Å². The van der Waals surface area contributed by atoms with Gasteiger partial charge in [-0.3, -0.25) is 25.0 Å². The molecule has 9 N–H and O–H groups in total. The number of benzene rings is 13. The van der Waals surface area contributed by atoms with Gasteiger partial charge in [0.05, 0.1) is 16.9 Å². The van der Waals surface area contributed by atoms with Crippen LogP contribution in [0.1, 0.15) is 139 Å². The van der Waals surface area contributed by atoms with Gasteiger partial charge in [0.2, 0.25) is 5.82 Å². The number of H-pyrrole nitrogens is 1. The number of aromatic hydroxyl groups is 1. The predicted octanol–water partition coefficient (Wildman–Crippen LogP) is 16.8. The Morgan fingerprint density at radius 1 is 0.486 bits per heavy atom. The molecule has 14 aromatic rings. The molecule has 17 rings (SSSR count). The van der Waals surface area contributed by atoms with E-state index in [0.29, 0.717) is 85.9 Å². The van der Waals surface area contributed by atoms with E-state index in [2.05, 4.69) is 103 Å². The number of nitrogens with two attached hydrogens (primary N) is 1. The number of phenolic OH excluding ortho intramolecular Hbond substituents is 1. The minimum Gasteiger partial charge on any atom is -1.00 e. The molecule has 3 saturated heterocycles. The first-order valence-electron chi connectivity index (χ1n) is 46.6. The van der Waals surface area contributed by atoms with E-state index in [9.17, 15) is 42.3 Å². The number of phenols is 1. The molecule has 0 aliphatic carbocycles. The number of aromatic amines is 1. The summed E-state index contributed by atoms with van der Waals surface area (Å²) in [4.78, 5) is 81.1. The topological polar surface area (TPSA) is 445 Å². The average molecular weight is 2130 g/mol. The zero-order valence-electron chi connectivity index (χ0n) is 85.0. The SMILES string of the molecule is CC(C)(C)OC(=O)Nc1ccc(O)c2ccccc12.CC(C)(C)OC(=O)Nc1ccc(OCC#N)c2ccccc12.CC1CCN(c2cc(F)cc(C(=O)Nc3ccc(OCC#N)c4ccccc34)c2)CC1.CC1CCN(c2cc(F)cc(C(=O)Nc3ccc(OCc4nn[nH]n4)c4ccccc34)c2)CC1.CC1CCN(c2cc(F)cc(C(=O)O)c2)CC1.N#CCOc1ccc(N)c2ccccc12.O=CO[O-].[C-]#[N+]CBr.[H-].[K+].[K+]. The number of alkyl halides is 1. The molecule has 0 saturated carbocycles. The molecule has 3 aliphatic rings. The molecule has 0 radical (unpaired) electrons. The Morgan fingerprint density at radius 2 is 0.784 bits per heavy atom. The van der Waals surface area contributed by atoms with Crippen LogP contribution in [0.15, 0.2) is 237 Å². The Balaban J connectivity index is 0.000000242. The fourth-order valence-corrected chi connectivity index (χ4v) is 15.7. The second-order valence-electron chi connectivity index (χ2n) is 35.8. The maximum atomic E-state index is 14.4. The van der Waals surface area contributed by atoms with Gasteiger partial charge in [-0.2, -0.15) is 21.0 Å². The zero-order chi connectivity index (χ0) is 105. The number of aromatic nitrogens is 4. The Kier molecular flexibility index (Phi) is 48.4. The maximum Gasteiger partial charge on any atom is 1.00 e. The second-order valence-corrected chi connectivity index (χ2v) is 36.3. The molecular formula is C110H114BrF3K2N16O16. The first-order valence-corrected chi connectivity index (χ1v) is 47.7. The molecule has 13 aromatic carbocycles. The number of nitriles is 3. The molecule has 32 nitrogen and oxygen atoms in total. The third-order valence-corrected chi connectivity index (χ3v) is 23.1. The number of nitrogen functional groups attached to an aromatic ring is 1. The number of aromatic carboxylic acids is 1. The molecule has 0 unspecified atom stereocenters. The summed E-state index contributed by atoms with van der Waals surface area (Å²) in [5.74, 6) is 1.99. The maximum absolute atomic E-state index is 14.4. The molecule has 4 heterocycles. The number of amides is 4. The van der Waals surface area contributed by atoms with E-state index in [4.69, 9.17) is 71.7 Å². The number of ether oxygens (including phenoxy) is 6. The number of nitrogens with zero attached hydrogens (tertiary/aromatic N) is 10. The van der Waals surface area contributed by atoms with Gasteiger partial charge in [0.1, 0.15) is 75.6 Å². The summed E-state index contributed by atoms with van der Waals surface area (Å²) < 4.78 is 74.6. The van der Waals surface area contributed by atoms with Gasteiger partial charge in [-0.25, -0.2) is 34.1 Å². The van der Waals surface area contributed by atoms with Crippen molar-refractivity contribution in [2.75, 3.05) is 106 Å². The fourth-order valence-electron chi connectivity index (χ4n) is 15.7. The number of carboxylic acids is 1. The van der Waals surface area contributed by atoms with Crippen molar-refractivity contribution in [1.29, 1.82) is 15.8 Å². The van der Waals surface area contributed by atoms with E-state index in [1.807, 2.05) is 175 Å². The van der Waals surface area contributed by atoms with Gasteiger partial charge in [0.15, 0.2) is 26.4 Å². The van der Waals surface area contributed by atoms with Crippen LogP contribution in [0.3, 0.4) is 0 Å². The van der Waals surface area contributed by atoms with Crippen LogP contribution in [0, 0.1) is 75.8 Å². The molecule has 3 aliphatic heterocycles. The third-order valence-electron chi connectivity index (χ3n) is 22.8. The van der Waals surface area contributed by atoms with Crippen molar-refractivity contribution < 1.29 is 195 Å². The van der Waals surface area contributed by atoms with Crippen molar-refractivity contribution in [1.82, 2.24) is 20.6 Å². The molecule has 760 valence electrons. The summed E-state index contributed by atoms with van der Waals surface area (Å²) in [7, 11) is 0. The summed E-state index contributed by atoms with van der Waals surface area (Å²) in [5.41, 5.74) is 11.1. The first kappa shape index (κ1) is 120. The van der Waals surface area contributed by atoms with E-state index in [0.717, 1.165) is 149 Å². The number of anilines is 8. The number of carbonyl (C=O) groups is 6. The number of tetrazole rings is 1. The van der Waals surface area contributed by atoms with Gasteiger partial charge in [0, 0.05) is 154 Å². The molecule has 148 heavy (non-hydrogen) atoms. The number of rotatable bonds is 20. The van der Waals surface area contributed by atoms with Gasteiger partial charge in [-0.15, -0.1) is 10.2 Å². The van der Waals surface area contributed by atoms with Gasteiger partial charge < -0.3 is 86.1 Å². The van der Waals surface area contributed by atoms with Gasteiger partial charge >= 0.3 is 121 Å². The molecular weight excluding hydrogens is 2020 g/mol. The molecule has 0 atom stereocenters. The molecule has 4 amide bonds. The Bertz CT molecular complexity index is 7030. The predicted molar refractivity (Wildman–Crippen MR) is 560 cm³/mol. The molecule has 0 bridgehead atoms. The number of hydrogen-bond donors (Lipinski definition) is 8. The monoisotopic (exact) mass is 2130 g/mol. The quantitative estimate of drug-likeness (QED) is 0.00404. The van der Waals surface area contributed by atoms with E-state index in [1.165, 1.54) is 30.3 Å². The van der Waals surface area contributed by atoms with Gasteiger partial charge in [-0.05, 0) is 213 Å². The van der Waals surface area contributed by atoms with Crippen LogP contribution in [0.2, 0.25) is 0 Å². The largest absolute Gasteiger partial charge is 1.00 e. The number of carboxylic acid groups (broad SMARTS) is 1. The Labute approximate surface area is 950 Å². The van der Waals surface area contributed by atoms with Crippen molar-refractivity contribution in [2.45, 2.75) is 119 Å². The van der Waals surface area contributed by atoms with Crippen molar-refractivity contribution in [3.63, 3.8) is 0 Å². The van der Waals surface area contributed by atoms with Crippen molar-refractivity contribution in [3.05, 3.63) is 288 Å². The number of nitrogens with one attached hydrogen (secondary N) is 5. The Hall–Kier alpha value is -13.7. The van der Waals surface area contributed by atoms with Crippen molar-refractivity contribution in [2.24, 2.45) is 17.8 Å². The van der Waals surface area contributed by atoms with Crippen molar-refractivity contribution >= 4 is 152 Å². The van der Waals surface area contributed by atoms with Crippen LogP contribution in [0.25, 0.3) is 58.7 Å². The van der Waals surface area contributed by atoms with Crippen LogP contribution < -0.4 is 169 Å². The Morgan fingerprint density at radius 3 is 1.11 bits per heavy atom. The van der Waals surface area contributed by atoms with E-state index >= 15 is 0 Å². The number of piperidine rings is 3. The van der Waals surface area contributed by atoms with Gasteiger partial charge in [0.25, 0.3) is 23.7 Å². The van der Waals surface area contributed by atoms with Crippen LogP contribution in [0.4, 0.5) is 68.3 Å². The zero-order valence-corrected chi connectivity index (χ0v) is 91.9. The summed E-state index contributed by atoms with van der Waals surface area (Å²) >= 11 is 2.89. The second kappa shape index (κ2) is 59.9. The molecule has 3 fully saturated rings. The fraction of sp³-hybridized carbons (Fsp3) is 0.282. The van der Waals surface area contributed by atoms with E-state index in [-0.39, 0.29) is 171 Å². The minimum absolute atomic E-state index is 0. The van der Waals surface area contributed by atoms with Crippen LogP contribution in [-0.2, 0) is 25.8 Å². The van der Waals surface area contributed by atoms with Gasteiger partial charge in [-0.1, -0.05) is 147 Å². The number of halogens is 4. The van der Waals surface area contributed by atoms with Crippen molar-refractivity contribution in [3.8, 4) is 47.0 Å². The summed E-state index contributed by atoms with van der Waals surface area (Å²) in [5, 5.41) is 86.2. The summed E-state index contributed by atoms with van der Waals surface area (Å²) in [6, 6.07) is 73.7. The molecule has 0 spiro atoms. The summed E-state index contributed by atoms with van der Waals surface area (Å²) in [6.45, 7) is 28.7. The number of hydrogen-bond acceptors (Lipinski definition) is 25. The van der Waals surface area contributed by atoms with Crippen LogP contribution in [0.5, 0.6) is 28.7 Å². The molecule has 38 heteroatoms. The normalized spacial score (nSPS) is 12.6. The van der Waals surface area contributed by atoms with E-state index in [1.54, 1.807) is 84.9 Å². The van der Waals surface area contributed by atoms with Crippen LogP contribution in [-0.4, -0.2) is 143 Å².